The Hall–Kier alpha value is -2.73. The number of hydrogen-bond acceptors (Lipinski definition) is 5. The summed E-state index contributed by atoms with van der Waals surface area (Å²) in [5, 5.41) is 20.7. The van der Waals surface area contributed by atoms with Crippen LogP contribution < -0.4 is 4.90 Å². The summed E-state index contributed by atoms with van der Waals surface area (Å²) in [6.45, 7) is 1.18. The highest BCUT2D eigenvalue weighted by Crippen LogP contribution is 2.32. The van der Waals surface area contributed by atoms with Gasteiger partial charge in [-0.05, 0) is 43.2 Å². The van der Waals surface area contributed by atoms with Crippen molar-refractivity contribution in [2.24, 2.45) is 0 Å². The Morgan fingerprint density at radius 2 is 1.96 bits per heavy atom. The largest absolute Gasteiger partial charge is 0.507 e. The minimum absolute atomic E-state index is 0.0913. The van der Waals surface area contributed by atoms with Crippen LogP contribution >= 0.6 is 0 Å². The van der Waals surface area contributed by atoms with Gasteiger partial charge < -0.3 is 15.1 Å². The van der Waals surface area contributed by atoms with Crippen molar-refractivity contribution < 1.29 is 14.6 Å². The fraction of sp³-hybridized carbons (Fsp3) is 0.263. The number of phenols is 1. The van der Waals surface area contributed by atoms with Gasteiger partial charge in [0, 0.05) is 18.5 Å². The molecule has 3 aromatic rings. The molecule has 1 atom stereocenters. The lowest BCUT2D eigenvalue weighted by atomic mass is 10.1. The Morgan fingerprint density at radius 1 is 1.12 bits per heavy atom. The number of phenolic OH excluding ortho intramolecular Hbond substituents is 1. The van der Waals surface area contributed by atoms with E-state index in [-0.39, 0.29) is 11.6 Å². The van der Waals surface area contributed by atoms with E-state index < -0.39 is 6.10 Å². The lowest BCUT2D eigenvalue weighted by molar-refractivity contribution is 0.154. The van der Waals surface area contributed by atoms with E-state index in [0.29, 0.717) is 34.7 Å². The number of anilines is 1. The van der Waals surface area contributed by atoms with E-state index in [0.717, 1.165) is 19.4 Å². The molecule has 1 unspecified atom stereocenters. The van der Waals surface area contributed by atoms with E-state index in [2.05, 4.69) is 9.97 Å². The van der Waals surface area contributed by atoms with E-state index in [1.165, 1.54) is 12.1 Å². The molecule has 25 heavy (non-hydrogen) atoms. The van der Waals surface area contributed by atoms with Gasteiger partial charge >= 0.3 is 0 Å². The summed E-state index contributed by atoms with van der Waals surface area (Å²) in [5.41, 5.74) is 1.12. The van der Waals surface area contributed by atoms with Crippen LogP contribution in [-0.2, 0) is 0 Å². The zero-order valence-electron chi connectivity index (χ0n) is 13.6. The van der Waals surface area contributed by atoms with Crippen molar-refractivity contribution in [1.82, 2.24) is 9.97 Å². The van der Waals surface area contributed by atoms with Crippen molar-refractivity contribution in [3.63, 3.8) is 0 Å². The molecule has 6 heteroatoms. The summed E-state index contributed by atoms with van der Waals surface area (Å²) in [6, 6.07) is 11.3. The van der Waals surface area contributed by atoms with E-state index in [1.807, 2.05) is 4.90 Å². The lowest BCUT2D eigenvalue weighted by Gasteiger charge is -2.32. The number of piperidine rings is 1. The van der Waals surface area contributed by atoms with Gasteiger partial charge in [0.2, 0.25) is 0 Å². The van der Waals surface area contributed by atoms with E-state index >= 15 is 0 Å². The first-order chi connectivity index (χ1) is 12.1. The van der Waals surface area contributed by atoms with Gasteiger partial charge in [0.25, 0.3) is 0 Å². The number of aliphatic hydroxyl groups excluding tert-OH is 1. The first-order valence-electron chi connectivity index (χ1n) is 8.30. The number of aliphatic hydroxyl groups is 1. The number of para-hydroxylation sites is 1. The van der Waals surface area contributed by atoms with Crippen LogP contribution in [0.4, 0.5) is 10.2 Å². The molecule has 1 fully saturated rings. The lowest BCUT2D eigenvalue weighted by Crippen LogP contribution is -2.38. The van der Waals surface area contributed by atoms with Crippen LogP contribution in [0.25, 0.3) is 22.3 Å². The van der Waals surface area contributed by atoms with Gasteiger partial charge in [0.1, 0.15) is 17.4 Å². The number of aromatic nitrogens is 2. The highest BCUT2D eigenvalue weighted by atomic mass is 19.1. The fourth-order valence-corrected chi connectivity index (χ4v) is 3.26. The molecule has 2 heterocycles. The average Bonchev–Trinajstić information content (AvgIpc) is 2.61. The molecule has 5 nitrogen and oxygen atoms in total. The standard InChI is InChI=1S/C19H18FN3O2/c20-12-7-8-16-15(10-12)19(23-9-3-4-13(24)11-23)22-18(21-16)14-5-1-2-6-17(14)25/h1-2,5-8,10,13,24-25H,3-4,9,11H2. The number of rotatable bonds is 2. The molecule has 0 radical (unpaired) electrons. The minimum atomic E-state index is -0.430. The van der Waals surface area contributed by atoms with Crippen LogP contribution in [0.3, 0.4) is 0 Å². The molecule has 0 amide bonds. The van der Waals surface area contributed by atoms with Gasteiger partial charge in [0.05, 0.1) is 17.2 Å². The SMILES string of the molecule is Oc1ccccc1-c1nc(N2CCCC(O)C2)c2cc(F)ccc2n1. The van der Waals surface area contributed by atoms with Crippen LogP contribution in [0.5, 0.6) is 5.75 Å². The first kappa shape index (κ1) is 15.8. The van der Waals surface area contributed by atoms with Crippen molar-refractivity contribution >= 4 is 16.7 Å². The molecule has 0 saturated carbocycles. The van der Waals surface area contributed by atoms with E-state index in [1.54, 1.807) is 30.3 Å². The molecule has 1 saturated heterocycles. The summed E-state index contributed by atoms with van der Waals surface area (Å²) >= 11 is 0. The number of benzene rings is 2. The Labute approximate surface area is 144 Å². The predicted molar refractivity (Wildman–Crippen MR) is 94.1 cm³/mol. The maximum atomic E-state index is 13.8. The van der Waals surface area contributed by atoms with Gasteiger partial charge in [-0.2, -0.15) is 0 Å². The average molecular weight is 339 g/mol. The second-order valence-electron chi connectivity index (χ2n) is 6.29. The summed E-state index contributed by atoms with van der Waals surface area (Å²) in [5.74, 6) is 0.701. The van der Waals surface area contributed by atoms with Crippen molar-refractivity contribution in [1.29, 1.82) is 0 Å². The van der Waals surface area contributed by atoms with Crippen molar-refractivity contribution in [3.05, 3.63) is 48.3 Å². The summed E-state index contributed by atoms with van der Waals surface area (Å²) in [6.07, 6.45) is 1.16. The van der Waals surface area contributed by atoms with Crippen LogP contribution in [0, 0.1) is 5.82 Å². The Balaban J connectivity index is 1.92. The monoisotopic (exact) mass is 339 g/mol. The quantitative estimate of drug-likeness (QED) is 0.751. The van der Waals surface area contributed by atoms with Gasteiger partial charge in [-0.15, -0.1) is 0 Å². The Kier molecular flexibility index (Phi) is 3.97. The number of halogens is 1. The van der Waals surface area contributed by atoms with Crippen LogP contribution in [0.15, 0.2) is 42.5 Å². The molecule has 1 aromatic heterocycles. The summed E-state index contributed by atoms with van der Waals surface area (Å²) in [7, 11) is 0. The van der Waals surface area contributed by atoms with Crippen LogP contribution in [0.2, 0.25) is 0 Å². The van der Waals surface area contributed by atoms with Gasteiger partial charge in [-0.25, -0.2) is 14.4 Å². The first-order valence-corrected chi connectivity index (χ1v) is 8.30. The molecule has 1 aliphatic rings. The molecule has 1 aliphatic heterocycles. The third kappa shape index (κ3) is 3.00. The Bertz CT molecular complexity index is 932. The van der Waals surface area contributed by atoms with Gasteiger partial charge in [-0.3, -0.25) is 0 Å². The second kappa shape index (κ2) is 6.29. The molecule has 0 spiro atoms. The number of nitrogens with zero attached hydrogens (tertiary/aromatic N) is 3. The number of aromatic hydroxyl groups is 1. The molecular formula is C19H18FN3O2. The van der Waals surface area contributed by atoms with E-state index in [9.17, 15) is 14.6 Å². The predicted octanol–water partition coefficient (Wildman–Crippen LogP) is 3.10. The van der Waals surface area contributed by atoms with Gasteiger partial charge in [0.15, 0.2) is 5.82 Å². The third-order valence-corrected chi connectivity index (χ3v) is 4.48. The van der Waals surface area contributed by atoms with Crippen LogP contribution in [0.1, 0.15) is 12.8 Å². The number of fused-ring (bicyclic) bond motifs is 1. The molecule has 4 rings (SSSR count). The molecule has 2 N–H and O–H groups in total. The maximum absolute atomic E-state index is 13.8. The molecule has 0 aliphatic carbocycles. The fourth-order valence-electron chi connectivity index (χ4n) is 3.26. The zero-order valence-corrected chi connectivity index (χ0v) is 13.6. The van der Waals surface area contributed by atoms with Crippen molar-refractivity contribution in [3.8, 4) is 17.1 Å². The molecule has 128 valence electrons. The summed E-state index contributed by atoms with van der Waals surface area (Å²) < 4.78 is 13.8. The topological polar surface area (TPSA) is 69.5 Å². The number of hydrogen-bond donors (Lipinski definition) is 2. The van der Waals surface area contributed by atoms with Gasteiger partial charge in [-0.1, -0.05) is 12.1 Å². The smallest absolute Gasteiger partial charge is 0.165 e. The third-order valence-electron chi connectivity index (χ3n) is 4.48. The van der Waals surface area contributed by atoms with Crippen molar-refractivity contribution in [2.75, 3.05) is 18.0 Å². The van der Waals surface area contributed by atoms with Crippen LogP contribution in [-0.4, -0.2) is 39.4 Å². The van der Waals surface area contributed by atoms with E-state index in [4.69, 9.17) is 0 Å². The molecule has 2 aromatic carbocycles. The molecular weight excluding hydrogens is 321 g/mol. The normalized spacial score (nSPS) is 17.8. The highest BCUT2D eigenvalue weighted by Gasteiger charge is 2.22. The minimum Gasteiger partial charge on any atom is -0.507 e. The Morgan fingerprint density at radius 3 is 2.76 bits per heavy atom. The summed E-state index contributed by atoms with van der Waals surface area (Å²) in [4.78, 5) is 11.1. The second-order valence-corrected chi connectivity index (χ2v) is 6.29. The zero-order chi connectivity index (χ0) is 17.4. The maximum Gasteiger partial charge on any atom is 0.165 e. The van der Waals surface area contributed by atoms with Crippen molar-refractivity contribution in [2.45, 2.75) is 18.9 Å². The highest BCUT2D eigenvalue weighted by molar-refractivity contribution is 5.91. The number of β-amino-alcohol motifs (C(OH)–C–C–N with tert-alkyl or cyclic N) is 1. The molecule has 0 bridgehead atoms.